The summed E-state index contributed by atoms with van der Waals surface area (Å²) in [6.45, 7) is 15.2. The molecule has 0 saturated heterocycles. The molecule has 0 fully saturated rings. The first-order valence-corrected chi connectivity index (χ1v) is 16.8. The van der Waals surface area contributed by atoms with E-state index in [0.717, 1.165) is 6.67 Å². The van der Waals surface area contributed by atoms with Crippen LogP contribution in [0.25, 0.3) is 0 Å². The van der Waals surface area contributed by atoms with Crippen molar-refractivity contribution >= 4 is 31.0 Å². The van der Waals surface area contributed by atoms with Gasteiger partial charge in [-0.15, -0.1) is 0 Å². The standard InChI is InChI=1S/C36H36N4.Pt/c1-34(2)26-13-11-15-28(21-26)35(3,4)39-24-37(30-17-7-9-19-32(30)39)23-38-25-40(33-20-10-8-18-31(33)38)36(5,6)29-16-12-14-27(34)22-29;/h7-22H,23H2,1-6H3;. The van der Waals surface area contributed by atoms with E-state index >= 15 is 0 Å². The van der Waals surface area contributed by atoms with Gasteiger partial charge in [0.15, 0.2) is 0 Å². The predicted molar refractivity (Wildman–Crippen MR) is 169 cm³/mol. The number of hydrogen-bond acceptors (Lipinski definition) is 4. The van der Waals surface area contributed by atoms with Crippen molar-refractivity contribution in [1.29, 1.82) is 0 Å². The van der Waals surface area contributed by atoms with Gasteiger partial charge in [0.05, 0.1) is 0 Å². The molecule has 0 N–H and O–H groups in total. The van der Waals surface area contributed by atoms with Gasteiger partial charge in [0.25, 0.3) is 0 Å². The second kappa shape index (κ2) is 8.29. The molecule has 0 radical (unpaired) electrons. The summed E-state index contributed by atoms with van der Waals surface area (Å²) < 4.78 is 2.93. The van der Waals surface area contributed by atoms with Gasteiger partial charge in [0, 0.05) is 0 Å². The molecule has 4 aromatic rings. The molecule has 0 saturated carbocycles. The molecule has 0 spiro atoms. The topological polar surface area (TPSA) is 13.0 Å². The molecule has 4 aliphatic rings. The summed E-state index contributed by atoms with van der Waals surface area (Å²) >= 11 is -0.555. The second-order valence-corrected chi connectivity index (χ2v) is 15.7. The molecule has 0 unspecified atom stereocenters. The molecule has 6 bridgehead atoms. The van der Waals surface area contributed by atoms with Crippen LogP contribution in [0.2, 0.25) is 0 Å². The summed E-state index contributed by atoms with van der Waals surface area (Å²) in [6.07, 6.45) is 0. The summed E-state index contributed by atoms with van der Waals surface area (Å²) in [6, 6.07) is 36.8. The molecule has 210 valence electrons. The molecule has 4 aromatic carbocycles. The fourth-order valence-corrected chi connectivity index (χ4v) is 11.3. The normalized spacial score (nSPS) is 20.7. The van der Waals surface area contributed by atoms with Crippen LogP contribution in [0.5, 0.6) is 0 Å². The van der Waals surface area contributed by atoms with Crippen molar-refractivity contribution < 1.29 is 17.6 Å². The van der Waals surface area contributed by atoms with Crippen molar-refractivity contribution in [2.24, 2.45) is 0 Å². The maximum atomic E-state index is 2.67. The summed E-state index contributed by atoms with van der Waals surface area (Å²) in [5.41, 5.74) is 10.1. The van der Waals surface area contributed by atoms with Crippen LogP contribution in [-0.2, 0) is 34.1 Å². The van der Waals surface area contributed by atoms with Crippen LogP contribution < -0.4 is 19.6 Å². The van der Waals surface area contributed by atoms with Gasteiger partial charge < -0.3 is 0 Å². The minimum atomic E-state index is -0.555. The first kappa shape index (κ1) is 25.2. The van der Waals surface area contributed by atoms with Gasteiger partial charge >= 0.3 is 252 Å². The van der Waals surface area contributed by atoms with Gasteiger partial charge in [0.2, 0.25) is 0 Å². The summed E-state index contributed by atoms with van der Waals surface area (Å²) in [7, 11) is 0. The number of para-hydroxylation sites is 4. The van der Waals surface area contributed by atoms with E-state index in [0.29, 0.717) is 0 Å². The van der Waals surface area contributed by atoms with Crippen LogP contribution in [0.4, 0.5) is 22.7 Å². The third-order valence-corrected chi connectivity index (χ3v) is 13.0. The molecule has 4 nitrogen and oxygen atoms in total. The van der Waals surface area contributed by atoms with Crippen LogP contribution in [0, 0.1) is 0 Å². The number of benzene rings is 4. The van der Waals surface area contributed by atoms with Gasteiger partial charge in [-0.3, -0.25) is 0 Å². The fourth-order valence-electron chi connectivity index (χ4n) is 7.02. The number of anilines is 4. The molecule has 0 aliphatic carbocycles. The fraction of sp³-hybridized carbons (Fsp3) is 0.278. The van der Waals surface area contributed by atoms with E-state index < -0.39 is 17.6 Å². The molecule has 4 aliphatic heterocycles. The number of hydrogen-bond donors (Lipinski definition) is 0. The van der Waals surface area contributed by atoms with Crippen LogP contribution in [-0.4, -0.2) is 15.0 Å². The third-order valence-electron chi connectivity index (χ3n) is 9.70. The average molecular weight is 720 g/mol. The van der Waals surface area contributed by atoms with Gasteiger partial charge in [-0.2, -0.15) is 0 Å². The zero-order chi connectivity index (χ0) is 28.3. The molecule has 0 amide bonds. The molecule has 0 atom stereocenters. The van der Waals surface area contributed by atoms with E-state index in [1.54, 1.807) is 0 Å². The van der Waals surface area contributed by atoms with E-state index in [-0.39, 0.29) is 16.5 Å². The van der Waals surface area contributed by atoms with Crippen LogP contribution in [0.1, 0.15) is 63.8 Å². The first-order chi connectivity index (χ1) is 19.6. The Morgan fingerprint density at radius 1 is 0.488 bits per heavy atom. The molecule has 4 heterocycles. The third kappa shape index (κ3) is 3.32. The van der Waals surface area contributed by atoms with Crippen molar-refractivity contribution in [1.82, 2.24) is 0 Å². The van der Waals surface area contributed by atoms with E-state index in [2.05, 4.69) is 158 Å². The summed E-state index contributed by atoms with van der Waals surface area (Å²) in [5.74, 6) is 0. The Morgan fingerprint density at radius 3 is 1.32 bits per heavy atom. The van der Waals surface area contributed by atoms with Crippen molar-refractivity contribution in [3.8, 4) is 0 Å². The number of fused-ring (bicyclic) bond motifs is 10. The van der Waals surface area contributed by atoms with Crippen LogP contribution >= 0.6 is 0 Å². The summed E-state index contributed by atoms with van der Waals surface area (Å²) in [5, 5.41) is 0. The van der Waals surface area contributed by atoms with Gasteiger partial charge in [0.1, 0.15) is 0 Å². The van der Waals surface area contributed by atoms with Gasteiger partial charge in [-0.25, -0.2) is 0 Å². The van der Waals surface area contributed by atoms with E-state index in [9.17, 15) is 0 Å². The van der Waals surface area contributed by atoms with E-state index in [1.165, 1.54) is 53.3 Å². The first-order valence-electron chi connectivity index (χ1n) is 14.5. The van der Waals surface area contributed by atoms with Crippen molar-refractivity contribution in [2.45, 2.75) is 58.0 Å². The number of rotatable bonds is 0. The van der Waals surface area contributed by atoms with Gasteiger partial charge in [-0.05, 0) is 0 Å². The molecule has 8 rings (SSSR count). The minimum absolute atomic E-state index is 0.143. The van der Waals surface area contributed by atoms with E-state index in [4.69, 9.17) is 0 Å². The molecular weight excluding hydrogens is 684 g/mol. The van der Waals surface area contributed by atoms with Crippen molar-refractivity contribution in [3.05, 3.63) is 119 Å². The Labute approximate surface area is 251 Å². The van der Waals surface area contributed by atoms with Crippen LogP contribution in [0.3, 0.4) is 0 Å². The average Bonchev–Trinajstić information content (AvgIpc) is 3.48. The monoisotopic (exact) mass is 719 g/mol. The van der Waals surface area contributed by atoms with Gasteiger partial charge in [-0.1, -0.05) is 0 Å². The molecule has 5 heteroatoms. The zero-order valence-electron chi connectivity index (χ0n) is 24.5. The Balaban J connectivity index is 1.51. The molecular formula is C36H36N4Pt. The maximum absolute atomic E-state index is 2.67. The molecule has 41 heavy (non-hydrogen) atoms. The quantitative estimate of drug-likeness (QED) is 0.188. The zero-order valence-corrected chi connectivity index (χ0v) is 26.8. The second-order valence-electron chi connectivity index (χ2n) is 13.1. The SMILES string of the molecule is CC1(C)c2cccc(c2)C(C)(C)N2[C]3=[Pt]=[C]4N(CN3c3ccccc32)c2ccccc2N4C(C)(C)c2cccc1c2. The Hall–Kier alpha value is -3.49. The Bertz CT molecular complexity index is 1700. The van der Waals surface area contributed by atoms with Crippen molar-refractivity contribution in [2.75, 3.05) is 26.3 Å². The van der Waals surface area contributed by atoms with Crippen molar-refractivity contribution in [3.63, 3.8) is 0 Å². The van der Waals surface area contributed by atoms with Crippen LogP contribution in [0.15, 0.2) is 97.1 Å². The molecule has 0 aromatic heterocycles. The predicted octanol–water partition coefficient (Wildman–Crippen LogP) is 7.38. The number of nitrogens with zero attached hydrogens (tertiary/aromatic N) is 4. The van der Waals surface area contributed by atoms with E-state index in [1.807, 2.05) is 0 Å². The Kier molecular flexibility index (Phi) is 5.10. The summed E-state index contributed by atoms with van der Waals surface area (Å²) in [4.78, 5) is 10.5. The Morgan fingerprint density at radius 2 is 0.878 bits per heavy atom.